The predicted molar refractivity (Wildman–Crippen MR) is 84.1 cm³/mol. The number of hydrogen-bond acceptors (Lipinski definition) is 6. The van der Waals surface area contributed by atoms with E-state index in [1.165, 1.54) is 17.1 Å². The first-order chi connectivity index (χ1) is 11.9. The molecule has 3 aliphatic rings. The molecule has 25 heavy (non-hydrogen) atoms. The SMILES string of the molecule is O=C(CC1CCC(CN2C(=O)C=CC2O)CC1)ON1C(=O)CCC1=O. The van der Waals surface area contributed by atoms with Gasteiger partial charge in [0.2, 0.25) is 5.91 Å². The molecule has 1 N–H and O–H groups in total. The van der Waals surface area contributed by atoms with Crippen molar-refractivity contribution in [2.24, 2.45) is 11.8 Å². The molecule has 1 saturated carbocycles. The summed E-state index contributed by atoms with van der Waals surface area (Å²) in [6.07, 6.45) is 5.72. The number of carbonyl (C=O) groups excluding carboxylic acids is 4. The van der Waals surface area contributed by atoms with Gasteiger partial charge >= 0.3 is 5.97 Å². The van der Waals surface area contributed by atoms with Crippen LogP contribution in [0.25, 0.3) is 0 Å². The van der Waals surface area contributed by atoms with E-state index in [1.807, 2.05) is 0 Å². The Labute approximate surface area is 145 Å². The van der Waals surface area contributed by atoms with Crippen LogP contribution in [0.1, 0.15) is 44.9 Å². The van der Waals surface area contributed by atoms with Gasteiger partial charge in [-0.1, -0.05) is 0 Å². The number of hydrogen-bond donors (Lipinski definition) is 1. The molecule has 1 unspecified atom stereocenters. The van der Waals surface area contributed by atoms with Gasteiger partial charge in [-0.2, -0.15) is 0 Å². The molecule has 0 aromatic rings. The number of carbonyl (C=O) groups is 4. The Morgan fingerprint density at radius 2 is 1.68 bits per heavy atom. The van der Waals surface area contributed by atoms with E-state index in [-0.39, 0.29) is 31.1 Å². The summed E-state index contributed by atoms with van der Waals surface area (Å²) in [5.41, 5.74) is 0. The minimum absolute atomic E-state index is 0.0904. The Balaban J connectivity index is 1.40. The van der Waals surface area contributed by atoms with E-state index in [1.54, 1.807) is 0 Å². The summed E-state index contributed by atoms with van der Waals surface area (Å²) in [7, 11) is 0. The lowest BCUT2D eigenvalue weighted by atomic mass is 9.80. The third-order valence-corrected chi connectivity index (χ3v) is 5.09. The maximum atomic E-state index is 11.9. The van der Waals surface area contributed by atoms with Gasteiger partial charge in [0, 0.05) is 25.5 Å². The number of aliphatic hydroxyl groups excluding tert-OH is 1. The molecular weight excluding hydrogens is 328 g/mol. The number of aliphatic hydroxyl groups is 1. The minimum atomic E-state index is -0.837. The van der Waals surface area contributed by atoms with Crippen molar-refractivity contribution in [2.75, 3.05) is 6.54 Å². The van der Waals surface area contributed by atoms with Crippen molar-refractivity contribution in [3.05, 3.63) is 12.2 Å². The highest BCUT2D eigenvalue weighted by atomic mass is 16.7. The second-order valence-corrected chi connectivity index (χ2v) is 6.90. The molecule has 8 heteroatoms. The molecule has 2 fully saturated rings. The molecule has 0 aromatic carbocycles. The van der Waals surface area contributed by atoms with Gasteiger partial charge in [0.05, 0.1) is 6.42 Å². The van der Waals surface area contributed by atoms with E-state index in [4.69, 9.17) is 4.84 Å². The maximum absolute atomic E-state index is 11.9. The molecule has 8 nitrogen and oxygen atoms in total. The maximum Gasteiger partial charge on any atom is 0.333 e. The number of rotatable bonds is 5. The third kappa shape index (κ3) is 4.07. The zero-order valence-electron chi connectivity index (χ0n) is 13.9. The largest absolute Gasteiger partial charge is 0.370 e. The van der Waals surface area contributed by atoms with E-state index in [9.17, 15) is 24.3 Å². The number of amides is 3. The molecule has 1 aliphatic carbocycles. The Hall–Kier alpha value is -2.22. The van der Waals surface area contributed by atoms with Crippen molar-refractivity contribution < 1.29 is 29.1 Å². The number of nitrogens with zero attached hydrogens (tertiary/aromatic N) is 2. The summed E-state index contributed by atoms with van der Waals surface area (Å²) in [6, 6.07) is 0. The average Bonchev–Trinajstić information content (AvgIpc) is 3.06. The van der Waals surface area contributed by atoms with Gasteiger partial charge < -0.3 is 14.8 Å². The van der Waals surface area contributed by atoms with Gasteiger partial charge in [-0.3, -0.25) is 14.4 Å². The first-order valence-corrected chi connectivity index (χ1v) is 8.67. The lowest BCUT2D eigenvalue weighted by Crippen LogP contribution is -2.38. The van der Waals surface area contributed by atoms with Gasteiger partial charge in [-0.25, -0.2) is 4.79 Å². The topological polar surface area (TPSA) is 104 Å². The van der Waals surface area contributed by atoms with Crippen LogP contribution in [0.3, 0.4) is 0 Å². The molecule has 2 aliphatic heterocycles. The van der Waals surface area contributed by atoms with Crippen LogP contribution < -0.4 is 0 Å². The van der Waals surface area contributed by atoms with Gasteiger partial charge in [0.1, 0.15) is 6.23 Å². The highest BCUT2D eigenvalue weighted by Gasteiger charge is 2.34. The molecule has 0 bridgehead atoms. The van der Waals surface area contributed by atoms with E-state index < -0.39 is 24.0 Å². The van der Waals surface area contributed by atoms with Crippen molar-refractivity contribution in [3.8, 4) is 0 Å². The molecule has 1 saturated heterocycles. The third-order valence-electron chi connectivity index (χ3n) is 5.09. The van der Waals surface area contributed by atoms with Crippen molar-refractivity contribution in [3.63, 3.8) is 0 Å². The Bertz CT molecular complexity index is 592. The monoisotopic (exact) mass is 350 g/mol. The van der Waals surface area contributed by atoms with E-state index >= 15 is 0 Å². The molecular formula is C17H22N2O6. The lowest BCUT2D eigenvalue weighted by molar-refractivity contribution is -0.198. The summed E-state index contributed by atoms with van der Waals surface area (Å²) in [6.45, 7) is 0.515. The molecule has 3 amide bonds. The van der Waals surface area contributed by atoms with E-state index in [0.717, 1.165) is 25.7 Å². The molecule has 3 rings (SSSR count). The number of hydroxylamine groups is 2. The average molecular weight is 350 g/mol. The fourth-order valence-corrected chi connectivity index (χ4v) is 3.63. The zero-order valence-corrected chi connectivity index (χ0v) is 13.9. The molecule has 0 radical (unpaired) electrons. The highest BCUT2D eigenvalue weighted by molar-refractivity contribution is 6.01. The molecule has 136 valence electrons. The van der Waals surface area contributed by atoms with Crippen LogP contribution >= 0.6 is 0 Å². The highest BCUT2D eigenvalue weighted by Crippen LogP contribution is 2.32. The first kappa shape index (κ1) is 17.6. The summed E-state index contributed by atoms with van der Waals surface area (Å²) in [4.78, 5) is 52.8. The smallest absolute Gasteiger partial charge is 0.333 e. The molecule has 1 atom stereocenters. The van der Waals surface area contributed by atoms with Crippen LogP contribution in [0, 0.1) is 11.8 Å². The number of imide groups is 1. The predicted octanol–water partition coefficient (Wildman–Crippen LogP) is 0.507. The summed E-state index contributed by atoms with van der Waals surface area (Å²) in [5, 5.41) is 10.3. The molecule has 0 spiro atoms. The quantitative estimate of drug-likeness (QED) is 0.725. The van der Waals surface area contributed by atoms with Gasteiger partial charge in [-0.05, 0) is 43.6 Å². The van der Waals surface area contributed by atoms with Crippen molar-refractivity contribution in [2.45, 2.75) is 51.2 Å². The second kappa shape index (κ2) is 7.35. The molecule has 2 heterocycles. The Morgan fingerprint density at radius 1 is 1.08 bits per heavy atom. The van der Waals surface area contributed by atoms with Gasteiger partial charge in [0.25, 0.3) is 11.8 Å². The fourth-order valence-electron chi connectivity index (χ4n) is 3.63. The summed E-state index contributed by atoms with van der Waals surface area (Å²) >= 11 is 0. The van der Waals surface area contributed by atoms with Crippen LogP contribution in [-0.2, 0) is 24.0 Å². The summed E-state index contributed by atoms with van der Waals surface area (Å²) in [5.74, 6) is -1.21. The molecule has 0 aromatic heterocycles. The zero-order chi connectivity index (χ0) is 18.0. The van der Waals surface area contributed by atoms with E-state index in [2.05, 4.69) is 0 Å². The van der Waals surface area contributed by atoms with Crippen LogP contribution in [0.2, 0.25) is 0 Å². The van der Waals surface area contributed by atoms with E-state index in [0.29, 0.717) is 17.5 Å². The van der Waals surface area contributed by atoms with Gasteiger partial charge in [0.15, 0.2) is 0 Å². The van der Waals surface area contributed by atoms with Crippen LogP contribution in [0.5, 0.6) is 0 Å². The summed E-state index contributed by atoms with van der Waals surface area (Å²) < 4.78 is 0. The minimum Gasteiger partial charge on any atom is -0.370 e. The normalized spacial score (nSPS) is 29.6. The Kier molecular flexibility index (Phi) is 5.17. The fraction of sp³-hybridized carbons (Fsp3) is 0.647. The standard InChI is InChI=1S/C17H22N2O6/c20-13-5-6-14(21)18(13)10-12-3-1-11(2-4-12)9-17(24)25-19-15(22)7-8-16(19)23/h5-6,11-13,20H,1-4,7-10H2. The van der Waals surface area contributed by atoms with Crippen LogP contribution in [-0.4, -0.2) is 51.5 Å². The van der Waals surface area contributed by atoms with Crippen molar-refractivity contribution >= 4 is 23.7 Å². The van der Waals surface area contributed by atoms with Gasteiger partial charge in [-0.15, -0.1) is 5.06 Å². The Morgan fingerprint density at radius 3 is 2.24 bits per heavy atom. The van der Waals surface area contributed by atoms with Crippen LogP contribution in [0.15, 0.2) is 12.2 Å². The second-order valence-electron chi connectivity index (χ2n) is 6.90. The first-order valence-electron chi connectivity index (χ1n) is 8.67. The lowest BCUT2D eigenvalue weighted by Gasteiger charge is -2.32. The van der Waals surface area contributed by atoms with Crippen LogP contribution in [0.4, 0.5) is 0 Å². The van der Waals surface area contributed by atoms with Crippen molar-refractivity contribution in [1.29, 1.82) is 0 Å². The van der Waals surface area contributed by atoms with Crippen molar-refractivity contribution in [1.82, 2.24) is 9.96 Å².